The number of aromatic nitrogens is 1. The molecule has 3 heteroatoms. The first-order valence-electron chi connectivity index (χ1n) is 27.6. The van der Waals surface area contributed by atoms with Crippen LogP contribution in [0.4, 0.5) is 34.1 Å². The molecule has 15 rings (SSSR count). The quantitative estimate of drug-likeness (QED) is 0.128. The Kier molecular flexibility index (Phi) is 11.4. The zero-order valence-electron chi connectivity index (χ0n) is 43.9. The van der Waals surface area contributed by atoms with Crippen molar-refractivity contribution >= 4 is 66.7 Å². The van der Waals surface area contributed by atoms with Crippen LogP contribution in [-0.2, 0) is 5.41 Å². The molecule has 376 valence electrons. The van der Waals surface area contributed by atoms with Gasteiger partial charge in [-0.15, -0.1) is 0 Å². The molecule has 0 bridgehead atoms. The number of para-hydroxylation sites is 4. The summed E-state index contributed by atoms with van der Waals surface area (Å²) in [6.07, 6.45) is 0. The number of hydrogen-bond donors (Lipinski definition) is 0. The van der Waals surface area contributed by atoms with Crippen LogP contribution in [0.5, 0.6) is 0 Å². The maximum Gasteiger partial charge on any atom is 0.0714 e. The van der Waals surface area contributed by atoms with Crippen molar-refractivity contribution in [1.82, 2.24) is 4.57 Å². The minimum Gasteiger partial charge on any atom is -0.310 e. The van der Waals surface area contributed by atoms with Crippen molar-refractivity contribution in [2.75, 3.05) is 9.80 Å². The zero-order valence-corrected chi connectivity index (χ0v) is 43.9. The predicted molar refractivity (Wildman–Crippen MR) is 336 cm³/mol. The van der Waals surface area contributed by atoms with Crippen molar-refractivity contribution in [1.29, 1.82) is 0 Å². The Bertz CT molecular complexity index is 4530. The normalized spacial score (nSPS) is 13.6. The van der Waals surface area contributed by atoms with E-state index in [0.717, 1.165) is 39.8 Å². The van der Waals surface area contributed by atoms with Gasteiger partial charge >= 0.3 is 0 Å². The average molecular weight is 1020 g/mol. The lowest BCUT2D eigenvalue weighted by Gasteiger charge is -2.35. The molecule has 0 saturated heterocycles. The number of rotatable bonds is 11. The van der Waals surface area contributed by atoms with Gasteiger partial charge in [0.2, 0.25) is 0 Å². The molecular weight excluding hydrogens is 967 g/mol. The molecule has 0 amide bonds. The van der Waals surface area contributed by atoms with Crippen molar-refractivity contribution in [3.8, 4) is 39.1 Å². The molecule has 0 aliphatic heterocycles. The lowest BCUT2D eigenvalue weighted by Crippen LogP contribution is -2.28. The van der Waals surface area contributed by atoms with Crippen LogP contribution in [0.3, 0.4) is 0 Å². The van der Waals surface area contributed by atoms with Crippen LogP contribution in [0.2, 0.25) is 0 Å². The van der Waals surface area contributed by atoms with Crippen molar-refractivity contribution in [3.05, 3.63) is 344 Å². The highest BCUT2D eigenvalue weighted by atomic mass is 15.2. The molecule has 13 aromatic carbocycles. The van der Waals surface area contributed by atoms with E-state index in [1.54, 1.807) is 0 Å². The monoisotopic (exact) mass is 1020 g/mol. The smallest absolute Gasteiger partial charge is 0.0714 e. The topological polar surface area (TPSA) is 11.4 Å². The van der Waals surface area contributed by atoms with Crippen LogP contribution in [0, 0.1) is 0 Å². The highest BCUT2D eigenvalue weighted by Crippen LogP contribution is 2.58. The maximum atomic E-state index is 2.50. The maximum absolute atomic E-state index is 2.50. The fourth-order valence-corrected chi connectivity index (χ4v) is 12.8. The van der Waals surface area contributed by atoms with Gasteiger partial charge in [0.15, 0.2) is 0 Å². The third-order valence-corrected chi connectivity index (χ3v) is 16.4. The molecule has 0 spiro atoms. The van der Waals surface area contributed by atoms with Crippen LogP contribution in [0.25, 0.3) is 71.6 Å². The Labute approximate surface area is 466 Å². The molecule has 1 atom stereocenters. The summed E-state index contributed by atoms with van der Waals surface area (Å²) >= 11 is 0. The highest BCUT2D eigenvalue weighted by molar-refractivity contribution is 6.10. The SMILES string of the molecule is c1ccc(-c2ccc(N(c3cccc(N(c4ccccc4)c4ccccc4)c3)c3ccc4c(c3)-c3ccc(-c5ccc6c7ccccc7n(-c7ccccc7)c6c5)cc3C4(c3ccccc3)c3ccc4ccccc4c3)cc2)cc1. The lowest BCUT2D eigenvalue weighted by molar-refractivity contribution is 0.770. The van der Waals surface area contributed by atoms with Crippen LogP contribution < -0.4 is 9.80 Å². The van der Waals surface area contributed by atoms with Crippen LogP contribution >= 0.6 is 0 Å². The van der Waals surface area contributed by atoms with Crippen LogP contribution in [-0.4, -0.2) is 4.57 Å². The summed E-state index contributed by atoms with van der Waals surface area (Å²) in [7, 11) is 0. The number of benzene rings is 13. The van der Waals surface area contributed by atoms with E-state index in [4.69, 9.17) is 0 Å². The minimum atomic E-state index is -0.665. The largest absolute Gasteiger partial charge is 0.310 e. The number of nitrogens with zero attached hydrogens (tertiary/aromatic N) is 3. The van der Waals surface area contributed by atoms with Gasteiger partial charge in [0.25, 0.3) is 0 Å². The molecule has 1 heterocycles. The summed E-state index contributed by atoms with van der Waals surface area (Å²) in [5.41, 5.74) is 21.4. The Hall–Kier alpha value is -10.5. The molecule has 0 saturated carbocycles. The summed E-state index contributed by atoms with van der Waals surface area (Å²) in [5, 5.41) is 4.92. The molecule has 0 fully saturated rings. The predicted octanol–water partition coefficient (Wildman–Crippen LogP) is 20.6. The zero-order chi connectivity index (χ0) is 53.0. The standard InChI is InChI=1S/C77H53N3/c1-6-21-54(22-7-1)56-38-43-65(44-39-56)79(67-34-20-33-66(52-67)78(62-27-10-3-11-28-62)63-29-12-4-13-30-63)68-45-48-73-72(53-68)69-46-40-58(59-41-47-71-70-35-18-19-36-75(70)80(76(71)51-59)64-31-14-5-15-32-64)50-74(69)77(73,60-25-8-2-9-26-60)61-42-37-55-23-16-17-24-57(55)49-61/h1-53H. The van der Waals surface area contributed by atoms with E-state index in [9.17, 15) is 0 Å². The molecule has 3 nitrogen and oxygen atoms in total. The Balaban J connectivity index is 0.958. The summed E-state index contributed by atoms with van der Waals surface area (Å²) in [6.45, 7) is 0. The van der Waals surface area contributed by atoms with Crippen molar-refractivity contribution in [2.24, 2.45) is 0 Å². The van der Waals surface area contributed by atoms with Crippen LogP contribution in [0.15, 0.2) is 322 Å². The Morgan fingerprint density at radius 3 is 1.49 bits per heavy atom. The van der Waals surface area contributed by atoms with Gasteiger partial charge in [-0.25, -0.2) is 0 Å². The van der Waals surface area contributed by atoms with E-state index < -0.39 is 5.41 Å². The second-order valence-corrected chi connectivity index (χ2v) is 20.9. The fourth-order valence-electron chi connectivity index (χ4n) is 12.8. The van der Waals surface area contributed by atoms with Crippen molar-refractivity contribution in [3.63, 3.8) is 0 Å². The molecule has 1 aliphatic carbocycles. The van der Waals surface area contributed by atoms with E-state index in [1.165, 1.54) is 88.2 Å². The van der Waals surface area contributed by atoms with E-state index >= 15 is 0 Å². The van der Waals surface area contributed by atoms with Crippen molar-refractivity contribution in [2.45, 2.75) is 5.41 Å². The molecule has 14 aromatic rings. The molecule has 1 aromatic heterocycles. The van der Waals surface area contributed by atoms with Crippen LogP contribution in [0.1, 0.15) is 22.3 Å². The number of fused-ring (bicyclic) bond motifs is 7. The second kappa shape index (κ2) is 19.5. The van der Waals surface area contributed by atoms with Gasteiger partial charge in [0.1, 0.15) is 0 Å². The summed E-state index contributed by atoms with van der Waals surface area (Å²) in [6, 6.07) is 118. The Morgan fingerprint density at radius 1 is 0.250 bits per heavy atom. The van der Waals surface area contributed by atoms with Gasteiger partial charge in [-0.3, -0.25) is 0 Å². The molecule has 80 heavy (non-hydrogen) atoms. The second-order valence-electron chi connectivity index (χ2n) is 20.9. The third kappa shape index (κ3) is 7.82. The number of anilines is 6. The fraction of sp³-hybridized carbons (Fsp3) is 0.0130. The van der Waals surface area contributed by atoms with Gasteiger partial charge in [-0.1, -0.05) is 218 Å². The molecular formula is C77H53N3. The van der Waals surface area contributed by atoms with E-state index in [1.807, 2.05) is 0 Å². The van der Waals surface area contributed by atoms with Gasteiger partial charge < -0.3 is 14.4 Å². The average Bonchev–Trinajstić information content (AvgIpc) is 4.17. The van der Waals surface area contributed by atoms with Gasteiger partial charge in [0.05, 0.1) is 16.4 Å². The van der Waals surface area contributed by atoms with E-state index in [0.29, 0.717) is 0 Å². The van der Waals surface area contributed by atoms with Crippen molar-refractivity contribution < 1.29 is 0 Å². The Morgan fingerprint density at radius 2 is 0.762 bits per heavy atom. The number of hydrogen-bond acceptors (Lipinski definition) is 2. The first-order chi connectivity index (χ1) is 39.7. The summed E-state index contributed by atoms with van der Waals surface area (Å²) < 4.78 is 2.42. The molecule has 1 aliphatic rings. The van der Waals surface area contributed by atoms with Gasteiger partial charge in [-0.05, 0) is 170 Å². The molecule has 0 N–H and O–H groups in total. The lowest BCUT2D eigenvalue weighted by atomic mass is 9.67. The third-order valence-electron chi connectivity index (χ3n) is 16.4. The van der Waals surface area contributed by atoms with Gasteiger partial charge in [-0.2, -0.15) is 0 Å². The summed E-state index contributed by atoms with van der Waals surface area (Å²) in [4.78, 5) is 4.77. The minimum absolute atomic E-state index is 0.665. The van der Waals surface area contributed by atoms with E-state index in [2.05, 4.69) is 336 Å². The molecule has 1 unspecified atom stereocenters. The first-order valence-corrected chi connectivity index (χ1v) is 27.6. The first kappa shape index (κ1) is 46.8. The van der Waals surface area contributed by atoms with Gasteiger partial charge in [0, 0.05) is 50.6 Å². The summed E-state index contributed by atoms with van der Waals surface area (Å²) in [5.74, 6) is 0. The van der Waals surface area contributed by atoms with E-state index in [-0.39, 0.29) is 0 Å². The molecule has 0 radical (unpaired) electrons. The highest BCUT2D eigenvalue weighted by Gasteiger charge is 2.47.